The van der Waals surface area contributed by atoms with E-state index in [0.717, 1.165) is 0 Å². The number of nitrogens with one attached hydrogen (secondary N) is 2. The lowest BCUT2D eigenvalue weighted by Crippen LogP contribution is -2.22. The van der Waals surface area contributed by atoms with E-state index in [1.165, 1.54) is 12.1 Å². The van der Waals surface area contributed by atoms with Gasteiger partial charge >= 0.3 is 5.69 Å². The number of carbonyl (C=O) groups is 1. The van der Waals surface area contributed by atoms with Gasteiger partial charge in [0.2, 0.25) is 11.4 Å². The third kappa shape index (κ3) is 1.94. The Balaban J connectivity index is 1.96. The third-order valence-corrected chi connectivity index (χ3v) is 2.93. The molecular weight excluding hydrogens is 254 g/mol. The summed E-state index contributed by atoms with van der Waals surface area (Å²) in [5, 5.41) is 23.8. The van der Waals surface area contributed by atoms with Gasteiger partial charge in [0.05, 0.1) is 16.7 Å². The molecule has 1 fully saturated rings. The molecule has 98 valence electrons. The highest BCUT2D eigenvalue weighted by Gasteiger charge is 2.24. The number of aromatic nitrogens is 2. The van der Waals surface area contributed by atoms with Crippen LogP contribution in [0, 0.1) is 10.1 Å². The van der Waals surface area contributed by atoms with E-state index in [1.54, 1.807) is 0 Å². The van der Waals surface area contributed by atoms with Gasteiger partial charge in [-0.2, -0.15) is 0 Å². The molecule has 2 N–H and O–H groups in total. The van der Waals surface area contributed by atoms with Crippen LogP contribution in [0.1, 0.15) is 6.42 Å². The van der Waals surface area contributed by atoms with Crippen LogP contribution in [0.5, 0.6) is 0 Å². The average molecular weight is 263 g/mol. The monoisotopic (exact) mass is 263 g/mol. The molecule has 1 amide bonds. The normalized spacial score (nSPS) is 18.5. The number of non-ortho nitro benzene ring substituents is 1. The largest absolute Gasteiger partial charge is 0.378 e. The van der Waals surface area contributed by atoms with E-state index in [2.05, 4.69) is 25.6 Å². The highest BCUT2D eigenvalue weighted by atomic mass is 16.6. The summed E-state index contributed by atoms with van der Waals surface area (Å²) in [7, 11) is 0. The second kappa shape index (κ2) is 4.19. The summed E-state index contributed by atoms with van der Waals surface area (Å²) in [6, 6.07) is 2.79. The Kier molecular flexibility index (Phi) is 2.51. The molecule has 0 spiro atoms. The predicted octanol–water partition coefficient (Wildman–Crippen LogP) is 0.431. The zero-order valence-corrected chi connectivity index (χ0v) is 9.62. The van der Waals surface area contributed by atoms with Gasteiger partial charge in [0.25, 0.3) is 0 Å². The predicted molar refractivity (Wildman–Crippen MR) is 63.5 cm³/mol. The molecule has 0 aliphatic carbocycles. The second-order valence-electron chi connectivity index (χ2n) is 4.20. The lowest BCUT2D eigenvalue weighted by molar-refractivity contribution is -0.383. The van der Waals surface area contributed by atoms with Crippen molar-refractivity contribution in [3.05, 3.63) is 22.2 Å². The lowest BCUT2D eigenvalue weighted by atomic mass is 10.2. The number of rotatable bonds is 3. The molecule has 1 aromatic heterocycles. The Bertz CT molecular complexity index is 667. The summed E-state index contributed by atoms with van der Waals surface area (Å²) in [6.45, 7) is 0.503. The molecule has 9 nitrogen and oxygen atoms in total. The SMILES string of the molecule is O=C1CC(Nc2ccc([N+](=O)[O-])c3nonc23)CN1. The number of hydrogen-bond acceptors (Lipinski definition) is 7. The highest BCUT2D eigenvalue weighted by Crippen LogP contribution is 2.29. The van der Waals surface area contributed by atoms with E-state index in [9.17, 15) is 14.9 Å². The number of carbonyl (C=O) groups excluding carboxylic acids is 1. The van der Waals surface area contributed by atoms with Gasteiger partial charge in [-0.3, -0.25) is 14.9 Å². The van der Waals surface area contributed by atoms with Crippen molar-refractivity contribution < 1.29 is 14.3 Å². The van der Waals surface area contributed by atoms with Crippen LogP contribution in [0.15, 0.2) is 16.8 Å². The first-order valence-electron chi connectivity index (χ1n) is 5.58. The Hall–Kier alpha value is -2.71. The van der Waals surface area contributed by atoms with Gasteiger partial charge in [0, 0.05) is 19.0 Å². The maximum absolute atomic E-state index is 11.1. The van der Waals surface area contributed by atoms with Gasteiger partial charge in [-0.1, -0.05) is 0 Å². The summed E-state index contributed by atoms with van der Waals surface area (Å²) in [4.78, 5) is 21.4. The summed E-state index contributed by atoms with van der Waals surface area (Å²) in [6.07, 6.45) is 0.351. The Morgan fingerprint density at radius 1 is 1.42 bits per heavy atom. The van der Waals surface area contributed by atoms with E-state index in [4.69, 9.17) is 0 Å². The second-order valence-corrected chi connectivity index (χ2v) is 4.20. The number of amides is 1. The fraction of sp³-hybridized carbons (Fsp3) is 0.300. The van der Waals surface area contributed by atoms with Crippen LogP contribution >= 0.6 is 0 Å². The highest BCUT2D eigenvalue weighted by molar-refractivity contribution is 5.93. The molecule has 3 rings (SSSR count). The van der Waals surface area contributed by atoms with Crippen molar-refractivity contribution >= 4 is 28.3 Å². The quantitative estimate of drug-likeness (QED) is 0.607. The van der Waals surface area contributed by atoms with Gasteiger partial charge in [-0.15, -0.1) is 0 Å². The van der Waals surface area contributed by atoms with E-state index in [1.807, 2.05) is 0 Å². The number of anilines is 1. The Morgan fingerprint density at radius 3 is 2.89 bits per heavy atom. The van der Waals surface area contributed by atoms with Crippen molar-refractivity contribution in [2.75, 3.05) is 11.9 Å². The molecule has 1 saturated heterocycles. The minimum absolute atomic E-state index is 0.0334. The van der Waals surface area contributed by atoms with Crippen molar-refractivity contribution in [2.45, 2.75) is 12.5 Å². The molecule has 2 aromatic rings. The van der Waals surface area contributed by atoms with Gasteiger partial charge < -0.3 is 10.6 Å². The fourth-order valence-electron chi connectivity index (χ4n) is 2.04. The molecule has 19 heavy (non-hydrogen) atoms. The van der Waals surface area contributed by atoms with Crippen molar-refractivity contribution in [3.63, 3.8) is 0 Å². The molecule has 1 atom stereocenters. The number of nitro benzene ring substituents is 1. The summed E-state index contributed by atoms with van der Waals surface area (Å²) < 4.78 is 4.56. The first kappa shape index (κ1) is 11.4. The minimum atomic E-state index is -0.545. The Labute approximate surface area is 106 Å². The first-order chi connectivity index (χ1) is 9.15. The number of nitrogens with zero attached hydrogens (tertiary/aromatic N) is 3. The maximum Gasteiger partial charge on any atom is 0.300 e. The molecule has 1 unspecified atom stereocenters. The van der Waals surface area contributed by atoms with Crippen molar-refractivity contribution in [3.8, 4) is 0 Å². The summed E-state index contributed by atoms with van der Waals surface area (Å²) in [5.74, 6) is -0.0334. The zero-order chi connectivity index (χ0) is 13.4. The van der Waals surface area contributed by atoms with E-state index in [0.29, 0.717) is 18.7 Å². The number of benzene rings is 1. The fourth-order valence-corrected chi connectivity index (χ4v) is 2.04. The van der Waals surface area contributed by atoms with Crippen LogP contribution in [-0.2, 0) is 4.79 Å². The zero-order valence-electron chi connectivity index (χ0n) is 9.62. The van der Waals surface area contributed by atoms with Gasteiger partial charge in [0.1, 0.15) is 0 Å². The lowest BCUT2D eigenvalue weighted by Gasteiger charge is -2.11. The van der Waals surface area contributed by atoms with Crippen molar-refractivity contribution in [1.29, 1.82) is 0 Å². The molecule has 0 bridgehead atoms. The van der Waals surface area contributed by atoms with Gasteiger partial charge in [-0.25, -0.2) is 4.63 Å². The average Bonchev–Trinajstić information content (AvgIpc) is 2.98. The van der Waals surface area contributed by atoms with Gasteiger partial charge in [-0.05, 0) is 16.4 Å². The van der Waals surface area contributed by atoms with Crippen LogP contribution in [0.25, 0.3) is 11.0 Å². The third-order valence-electron chi connectivity index (χ3n) is 2.93. The maximum atomic E-state index is 11.1. The topological polar surface area (TPSA) is 123 Å². The van der Waals surface area contributed by atoms with E-state index < -0.39 is 4.92 Å². The molecule has 2 heterocycles. The van der Waals surface area contributed by atoms with Crippen LogP contribution in [0.2, 0.25) is 0 Å². The van der Waals surface area contributed by atoms with Crippen LogP contribution in [0.3, 0.4) is 0 Å². The molecule has 1 aliphatic rings. The number of fused-ring (bicyclic) bond motifs is 1. The van der Waals surface area contributed by atoms with Crippen molar-refractivity contribution in [2.24, 2.45) is 0 Å². The van der Waals surface area contributed by atoms with Crippen LogP contribution in [0.4, 0.5) is 11.4 Å². The number of nitro groups is 1. The smallest absolute Gasteiger partial charge is 0.300 e. The molecule has 9 heteroatoms. The first-order valence-corrected chi connectivity index (χ1v) is 5.58. The molecule has 1 aromatic carbocycles. The summed E-state index contributed by atoms with van der Waals surface area (Å²) >= 11 is 0. The van der Waals surface area contributed by atoms with Crippen LogP contribution in [-0.4, -0.2) is 33.7 Å². The number of hydrogen-bond donors (Lipinski definition) is 2. The molecule has 0 saturated carbocycles. The molecule has 1 aliphatic heterocycles. The van der Waals surface area contributed by atoms with Gasteiger partial charge in [0.15, 0.2) is 5.52 Å². The minimum Gasteiger partial charge on any atom is -0.378 e. The molecular formula is C10H9N5O4. The summed E-state index contributed by atoms with van der Waals surface area (Å²) in [5.41, 5.74) is 0.770. The van der Waals surface area contributed by atoms with E-state index >= 15 is 0 Å². The Morgan fingerprint density at radius 2 is 2.21 bits per heavy atom. The van der Waals surface area contributed by atoms with Crippen LogP contribution < -0.4 is 10.6 Å². The molecule has 0 radical (unpaired) electrons. The standard InChI is InChI=1S/C10H9N5O4/c16-8-3-5(4-11-8)12-6-1-2-7(15(17)18)10-9(6)13-19-14-10/h1-2,5,12H,3-4H2,(H,11,16). The van der Waals surface area contributed by atoms with E-state index in [-0.39, 0.29) is 28.7 Å². The van der Waals surface area contributed by atoms with Crippen molar-refractivity contribution in [1.82, 2.24) is 15.6 Å².